The molecule has 0 saturated heterocycles. The van der Waals surface area contributed by atoms with E-state index in [1.165, 1.54) is 34.3 Å². The molecule has 0 amide bonds. The third-order valence-corrected chi connectivity index (χ3v) is 5.97. The molecule has 0 spiro atoms. The van der Waals surface area contributed by atoms with Crippen molar-refractivity contribution in [1.29, 1.82) is 0 Å². The molecule has 4 rings (SSSR count). The number of thioether (sulfide) groups is 1. The Balaban J connectivity index is 1.69. The first kappa shape index (κ1) is 17.4. The number of hydrazone groups is 1. The molecule has 0 atom stereocenters. The van der Waals surface area contributed by atoms with Crippen LogP contribution in [0.2, 0.25) is 0 Å². The van der Waals surface area contributed by atoms with Gasteiger partial charge in [-0.2, -0.15) is 5.10 Å². The fraction of sp³-hybridized carbons (Fsp3) is 0.278. The van der Waals surface area contributed by atoms with E-state index in [9.17, 15) is 4.39 Å². The third-order valence-electron chi connectivity index (χ3n) is 4.31. The summed E-state index contributed by atoms with van der Waals surface area (Å²) in [5, 5.41) is 6.11. The Morgan fingerprint density at radius 1 is 1.31 bits per heavy atom. The van der Waals surface area contributed by atoms with E-state index in [0.717, 1.165) is 46.3 Å². The fourth-order valence-corrected chi connectivity index (χ4v) is 4.71. The zero-order valence-electron chi connectivity index (χ0n) is 14.5. The number of rotatable bonds is 4. The maximum Gasteiger partial charge on any atom is 0.190 e. The van der Waals surface area contributed by atoms with Gasteiger partial charge in [0, 0.05) is 18.0 Å². The fourth-order valence-electron chi connectivity index (χ4n) is 2.99. The number of hydrogen-bond acceptors (Lipinski definition) is 7. The maximum absolute atomic E-state index is 13.0. The maximum atomic E-state index is 13.0. The van der Waals surface area contributed by atoms with Gasteiger partial charge in [-0.05, 0) is 43.0 Å². The Labute approximate surface area is 159 Å². The van der Waals surface area contributed by atoms with E-state index in [1.807, 2.05) is 6.26 Å². The predicted molar refractivity (Wildman–Crippen MR) is 107 cm³/mol. The summed E-state index contributed by atoms with van der Waals surface area (Å²) in [4.78, 5) is 14.0. The van der Waals surface area contributed by atoms with Crippen molar-refractivity contribution in [3.8, 4) is 0 Å². The van der Waals surface area contributed by atoms with Crippen LogP contribution in [0, 0.1) is 5.82 Å². The summed E-state index contributed by atoms with van der Waals surface area (Å²) in [7, 11) is 2.14. The van der Waals surface area contributed by atoms with Gasteiger partial charge in [-0.25, -0.2) is 14.4 Å². The summed E-state index contributed by atoms with van der Waals surface area (Å²) in [5.41, 5.74) is 5.23. The topological polar surface area (TPSA) is 53.4 Å². The minimum absolute atomic E-state index is 0.257. The summed E-state index contributed by atoms with van der Waals surface area (Å²) < 4.78 is 13.0. The number of hydrogen-bond donors (Lipinski definition) is 1. The summed E-state index contributed by atoms with van der Waals surface area (Å²) in [6.45, 7) is 1.98. The minimum atomic E-state index is -0.257. The van der Waals surface area contributed by atoms with Crippen LogP contribution in [0.15, 0.2) is 34.5 Å². The molecule has 5 nitrogen and oxygen atoms in total. The Hall–Kier alpha value is -2.03. The van der Waals surface area contributed by atoms with E-state index < -0.39 is 0 Å². The predicted octanol–water partition coefficient (Wildman–Crippen LogP) is 3.99. The summed E-state index contributed by atoms with van der Waals surface area (Å²) in [5.74, 6) is 0.479. The summed E-state index contributed by atoms with van der Waals surface area (Å²) >= 11 is 3.26. The van der Waals surface area contributed by atoms with Crippen molar-refractivity contribution in [2.45, 2.75) is 18.1 Å². The van der Waals surface area contributed by atoms with E-state index in [-0.39, 0.29) is 5.82 Å². The third kappa shape index (κ3) is 3.44. The molecule has 3 aromatic rings. The zero-order chi connectivity index (χ0) is 18.1. The molecule has 0 saturated carbocycles. The normalized spacial score (nSPS) is 14.9. The van der Waals surface area contributed by atoms with Crippen LogP contribution < -0.4 is 5.43 Å². The van der Waals surface area contributed by atoms with Crippen molar-refractivity contribution in [3.63, 3.8) is 0 Å². The monoisotopic (exact) mass is 387 g/mol. The quantitative estimate of drug-likeness (QED) is 0.318. The molecule has 8 heteroatoms. The summed E-state index contributed by atoms with van der Waals surface area (Å²) in [6.07, 6.45) is 4.62. The van der Waals surface area contributed by atoms with Gasteiger partial charge in [0.25, 0.3) is 0 Å². The molecule has 0 unspecified atom stereocenters. The molecule has 134 valence electrons. The highest BCUT2D eigenvalue weighted by molar-refractivity contribution is 7.98. The first-order valence-electron chi connectivity index (χ1n) is 8.23. The molecular formula is C18H18FN5S2. The van der Waals surface area contributed by atoms with Gasteiger partial charge in [0.1, 0.15) is 10.6 Å². The molecule has 0 bridgehead atoms. The van der Waals surface area contributed by atoms with Crippen LogP contribution >= 0.6 is 23.1 Å². The largest absolute Gasteiger partial charge is 0.301 e. The Morgan fingerprint density at radius 3 is 2.88 bits per heavy atom. The standard InChI is InChI=1S/C18H18FN5S2/c1-24-8-7-13-14(10-24)26-17-15(13)16(21-18(22-17)25-2)23-20-9-11-3-5-12(19)6-4-11/h3-6,9H,7-8,10H2,1-2H3,(H,21,22,23)/b20-9-. The van der Waals surface area contributed by atoms with E-state index in [2.05, 4.69) is 32.4 Å². The van der Waals surface area contributed by atoms with Crippen molar-refractivity contribution in [3.05, 3.63) is 46.1 Å². The Kier molecular flexibility index (Phi) is 4.88. The van der Waals surface area contributed by atoms with E-state index >= 15 is 0 Å². The number of likely N-dealkylation sites (N-methyl/N-ethyl adjacent to an activating group) is 1. The van der Waals surface area contributed by atoms with Crippen molar-refractivity contribution in [2.75, 3.05) is 25.3 Å². The van der Waals surface area contributed by atoms with Crippen LogP contribution in [0.25, 0.3) is 10.2 Å². The second-order valence-corrected chi connectivity index (χ2v) is 8.01. The molecule has 1 N–H and O–H groups in total. The van der Waals surface area contributed by atoms with Gasteiger partial charge < -0.3 is 4.90 Å². The van der Waals surface area contributed by atoms with Crippen LogP contribution in [0.3, 0.4) is 0 Å². The van der Waals surface area contributed by atoms with E-state index in [4.69, 9.17) is 0 Å². The highest BCUT2D eigenvalue weighted by atomic mass is 32.2. The first-order chi connectivity index (χ1) is 12.6. The van der Waals surface area contributed by atoms with Crippen molar-refractivity contribution in [2.24, 2.45) is 5.10 Å². The van der Waals surface area contributed by atoms with Gasteiger partial charge >= 0.3 is 0 Å². The van der Waals surface area contributed by atoms with E-state index in [1.54, 1.807) is 29.7 Å². The van der Waals surface area contributed by atoms with Gasteiger partial charge in [-0.1, -0.05) is 23.9 Å². The van der Waals surface area contributed by atoms with Crippen molar-refractivity contribution < 1.29 is 4.39 Å². The molecular weight excluding hydrogens is 369 g/mol. The van der Waals surface area contributed by atoms with Gasteiger partial charge in [0.05, 0.1) is 11.6 Å². The Bertz CT molecular complexity index is 968. The molecule has 1 aliphatic heterocycles. The molecule has 0 fully saturated rings. The van der Waals surface area contributed by atoms with Crippen LogP contribution in [-0.4, -0.2) is 40.9 Å². The average Bonchev–Trinajstić information content (AvgIpc) is 3.00. The number of benzene rings is 1. The number of halogens is 1. The lowest BCUT2D eigenvalue weighted by molar-refractivity contribution is 0.318. The van der Waals surface area contributed by atoms with Crippen LogP contribution in [0.1, 0.15) is 16.0 Å². The number of nitrogens with one attached hydrogen (secondary N) is 1. The molecule has 1 aromatic carbocycles. The SMILES string of the molecule is CSc1nc(N/N=C\c2ccc(F)cc2)c2c3c(sc2n1)CN(C)CC3. The van der Waals surface area contributed by atoms with Gasteiger partial charge in [0.15, 0.2) is 11.0 Å². The first-order valence-corrected chi connectivity index (χ1v) is 10.3. The molecule has 1 aliphatic rings. The zero-order valence-corrected chi connectivity index (χ0v) is 16.1. The van der Waals surface area contributed by atoms with Gasteiger partial charge in [-0.15, -0.1) is 11.3 Å². The highest BCUT2D eigenvalue weighted by Crippen LogP contribution is 2.38. The number of anilines is 1. The van der Waals surface area contributed by atoms with Crippen LogP contribution in [0.5, 0.6) is 0 Å². The smallest absolute Gasteiger partial charge is 0.190 e. The number of aromatic nitrogens is 2. The lowest BCUT2D eigenvalue weighted by Crippen LogP contribution is -2.25. The molecule has 26 heavy (non-hydrogen) atoms. The second kappa shape index (κ2) is 7.30. The molecule has 3 heterocycles. The Morgan fingerprint density at radius 2 is 2.12 bits per heavy atom. The molecule has 0 aliphatic carbocycles. The molecule has 0 radical (unpaired) electrons. The van der Waals surface area contributed by atoms with Crippen molar-refractivity contribution >= 4 is 45.3 Å². The highest BCUT2D eigenvalue weighted by Gasteiger charge is 2.22. The van der Waals surface area contributed by atoms with Gasteiger partial charge in [0.2, 0.25) is 0 Å². The summed E-state index contributed by atoms with van der Waals surface area (Å²) in [6, 6.07) is 6.21. The lowest BCUT2D eigenvalue weighted by Gasteiger charge is -2.22. The van der Waals surface area contributed by atoms with Crippen molar-refractivity contribution in [1.82, 2.24) is 14.9 Å². The number of fused-ring (bicyclic) bond motifs is 3. The average molecular weight is 388 g/mol. The van der Waals surface area contributed by atoms with Crippen LogP contribution in [-0.2, 0) is 13.0 Å². The molecule has 2 aromatic heterocycles. The van der Waals surface area contributed by atoms with Crippen LogP contribution in [0.4, 0.5) is 10.2 Å². The number of thiophene rings is 1. The second-order valence-electron chi connectivity index (χ2n) is 6.15. The minimum Gasteiger partial charge on any atom is -0.301 e. The number of nitrogens with zero attached hydrogens (tertiary/aromatic N) is 4. The van der Waals surface area contributed by atoms with E-state index in [0.29, 0.717) is 0 Å². The lowest BCUT2D eigenvalue weighted by atomic mass is 10.1. The van der Waals surface area contributed by atoms with Gasteiger partial charge in [-0.3, -0.25) is 5.43 Å².